The molecule has 1 atom stereocenters. The number of alkyl halides is 3. The number of rotatable bonds is 7. The van der Waals surface area contributed by atoms with E-state index in [2.05, 4.69) is 10.6 Å². The molecular weight excluding hydrogens is 503 g/mol. The van der Waals surface area contributed by atoms with Crippen molar-refractivity contribution >= 4 is 29.1 Å². The van der Waals surface area contributed by atoms with Crippen molar-refractivity contribution in [2.45, 2.75) is 18.6 Å². The van der Waals surface area contributed by atoms with Gasteiger partial charge in [0.05, 0.1) is 25.6 Å². The SMILES string of the molecule is COc1ccc(NC(=O)C[C@@H]2C(=O)NCCN2C(=O)CN2CCN(c3cccc(C(F)(F)F)c3)CC2)cc1. The largest absolute Gasteiger partial charge is 0.497 e. The van der Waals surface area contributed by atoms with Crippen molar-refractivity contribution in [1.29, 1.82) is 0 Å². The van der Waals surface area contributed by atoms with E-state index in [9.17, 15) is 27.6 Å². The summed E-state index contributed by atoms with van der Waals surface area (Å²) in [5, 5.41) is 5.45. The molecule has 2 aromatic rings. The predicted octanol–water partition coefficient (Wildman–Crippen LogP) is 2.19. The van der Waals surface area contributed by atoms with Crippen LogP contribution >= 0.6 is 0 Å². The normalized spacial score (nSPS) is 18.6. The van der Waals surface area contributed by atoms with Crippen molar-refractivity contribution in [3.8, 4) is 5.75 Å². The van der Waals surface area contributed by atoms with Crippen molar-refractivity contribution in [1.82, 2.24) is 15.1 Å². The van der Waals surface area contributed by atoms with E-state index >= 15 is 0 Å². The smallest absolute Gasteiger partial charge is 0.416 e. The lowest BCUT2D eigenvalue weighted by molar-refractivity contribution is -0.145. The first-order valence-corrected chi connectivity index (χ1v) is 12.3. The van der Waals surface area contributed by atoms with Gasteiger partial charge in [0.15, 0.2) is 0 Å². The summed E-state index contributed by atoms with van der Waals surface area (Å²) in [4.78, 5) is 43.6. The molecule has 0 aromatic heterocycles. The third-order valence-electron chi connectivity index (χ3n) is 6.67. The molecule has 9 nitrogen and oxygen atoms in total. The number of ether oxygens (including phenoxy) is 1. The van der Waals surface area contributed by atoms with Gasteiger partial charge in [-0.25, -0.2) is 0 Å². The molecule has 2 aliphatic heterocycles. The molecule has 38 heavy (non-hydrogen) atoms. The van der Waals surface area contributed by atoms with Crippen LogP contribution in [0.4, 0.5) is 24.5 Å². The third kappa shape index (κ3) is 6.74. The number of hydrogen-bond acceptors (Lipinski definition) is 6. The number of nitrogens with one attached hydrogen (secondary N) is 2. The Hall–Kier alpha value is -3.80. The number of nitrogens with zero attached hydrogens (tertiary/aromatic N) is 3. The molecular formula is C26H30F3N5O4. The zero-order valence-electron chi connectivity index (χ0n) is 21.0. The minimum Gasteiger partial charge on any atom is -0.497 e. The van der Waals surface area contributed by atoms with Crippen LogP contribution in [0.25, 0.3) is 0 Å². The molecule has 2 heterocycles. The van der Waals surface area contributed by atoms with Gasteiger partial charge in [0.25, 0.3) is 0 Å². The van der Waals surface area contributed by atoms with Crippen LogP contribution in [-0.2, 0) is 20.6 Å². The number of anilines is 2. The van der Waals surface area contributed by atoms with Gasteiger partial charge in [0.2, 0.25) is 17.7 Å². The van der Waals surface area contributed by atoms with Crippen molar-refractivity contribution in [3.63, 3.8) is 0 Å². The van der Waals surface area contributed by atoms with E-state index in [4.69, 9.17) is 4.74 Å². The monoisotopic (exact) mass is 533 g/mol. The van der Waals surface area contributed by atoms with E-state index in [1.165, 1.54) is 18.1 Å². The Balaban J connectivity index is 1.32. The second-order valence-electron chi connectivity index (χ2n) is 9.19. The average molecular weight is 534 g/mol. The summed E-state index contributed by atoms with van der Waals surface area (Å²) in [6, 6.07) is 11.0. The summed E-state index contributed by atoms with van der Waals surface area (Å²) in [5.41, 5.74) is 0.336. The van der Waals surface area contributed by atoms with Crippen molar-refractivity contribution in [3.05, 3.63) is 54.1 Å². The summed E-state index contributed by atoms with van der Waals surface area (Å²) in [7, 11) is 1.54. The lowest BCUT2D eigenvalue weighted by Crippen LogP contribution is -2.60. The van der Waals surface area contributed by atoms with Crippen molar-refractivity contribution < 1.29 is 32.3 Å². The summed E-state index contributed by atoms with van der Waals surface area (Å²) in [6.07, 6.45) is -4.60. The first-order valence-electron chi connectivity index (χ1n) is 12.3. The Morgan fingerprint density at radius 1 is 1.05 bits per heavy atom. The minimum absolute atomic E-state index is 0.0559. The molecule has 0 aliphatic carbocycles. The fraction of sp³-hybridized carbons (Fsp3) is 0.423. The maximum absolute atomic E-state index is 13.2. The van der Waals surface area contributed by atoms with E-state index < -0.39 is 23.7 Å². The van der Waals surface area contributed by atoms with Crippen molar-refractivity contribution in [2.24, 2.45) is 0 Å². The molecule has 2 aromatic carbocycles. The summed E-state index contributed by atoms with van der Waals surface area (Å²) in [5.74, 6) is -0.412. The minimum atomic E-state index is -4.41. The lowest BCUT2D eigenvalue weighted by Gasteiger charge is -2.39. The lowest BCUT2D eigenvalue weighted by atomic mass is 10.1. The Kier molecular flexibility index (Phi) is 8.40. The van der Waals surface area contributed by atoms with Gasteiger partial charge in [-0.2, -0.15) is 13.2 Å². The molecule has 12 heteroatoms. The Bertz CT molecular complexity index is 1150. The van der Waals surface area contributed by atoms with E-state index in [0.29, 0.717) is 49.8 Å². The van der Waals surface area contributed by atoms with Gasteiger partial charge in [-0.3, -0.25) is 19.3 Å². The van der Waals surface area contributed by atoms with Gasteiger partial charge in [-0.1, -0.05) is 6.07 Å². The quantitative estimate of drug-likeness (QED) is 0.567. The maximum atomic E-state index is 13.2. The summed E-state index contributed by atoms with van der Waals surface area (Å²) in [6.45, 7) is 2.51. The predicted molar refractivity (Wildman–Crippen MR) is 135 cm³/mol. The number of halogens is 3. The maximum Gasteiger partial charge on any atom is 0.416 e. The molecule has 4 rings (SSSR count). The Labute approximate surface area is 218 Å². The fourth-order valence-electron chi connectivity index (χ4n) is 4.60. The molecule has 0 unspecified atom stereocenters. The zero-order chi connectivity index (χ0) is 27.3. The molecule has 2 saturated heterocycles. The second kappa shape index (κ2) is 11.7. The van der Waals surface area contributed by atoms with Gasteiger partial charge in [0, 0.05) is 50.6 Å². The highest BCUT2D eigenvalue weighted by atomic mass is 19.4. The third-order valence-corrected chi connectivity index (χ3v) is 6.67. The molecule has 0 radical (unpaired) electrons. The summed E-state index contributed by atoms with van der Waals surface area (Å²) < 4.78 is 44.3. The molecule has 2 fully saturated rings. The van der Waals surface area contributed by atoms with Gasteiger partial charge in [-0.05, 0) is 42.5 Å². The van der Waals surface area contributed by atoms with Crippen LogP contribution in [0.5, 0.6) is 5.75 Å². The number of carbonyl (C=O) groups is 3. The number of methoxy groups -OCH3 is 1. The van der Waals surface area contributed by atoms with Gasteiger partial charge in [-0.15, -0.1) is 0 Å². The van der Waals surface area contributed by atoms with Crippen LogP contribution in [0.2, 0.25) is 0 Å². The van der Waals surface area contributed by atoms with Crippen LogP contribution in [0, 0.1) is 0 Å². The molecule has 0 spiro atoms. The number of hydrogen-bond donors (Lipinski definition) is 2. The first-order chi connectivity index (χ1) is 18.1. The number of carbonyl (C=O) groups excluding carboxylic acids is 3. The molecule has 2 aliphatic rings. The Morgan fingerprint density at radius 2 is 1.76 bits per heavy atom. The van der Waals surface area contributed by atoms with Gasteiger partial charge < -0.3 is 25.2 Å². The number of amides is 3. The highest BCUT2D eigenvalue weighted by Crippen LogP contribution is 2.32. The van der Waals surface area contributed by atoms with E-state index in [0.717, 1.165) is 12.1 Å². The van der Waals surface area contributed by atoms with Gasteiger partial charge in [0.1, 0.15) is 11.8 Å². The van der Waals surface area contributed by atoms with Crippen LogP contribution in [0.1, 0.15) is 12.0 Å². The number of benzene rings is 2. The zero-order valence-corrected chi connectivity index (χ0v) is 21.0. The second-order valence-corrected chi connectivity index (χ2v) is 9.19. The molecule has 2 N–H and O–H groups in total. The van der Waals surface area contributed by atoms with Crippen LogP contribution in [0.15, 0.2) is 48.5 Å². The van der Waals surface area contributed by atoms with E-state index in [-0.39, 0.29) is 31.3 Å². The van der Waals surface area contributed by atoms with Crippen molar-refractivity contribution in [2.75, 3.05) is 63.1 Å². The van der Waals surface area contributed by atoms with E-state index in [1.807, 2.05) is 9.80 Å². The standard InChI is InChI=1S/C26H30F3N5O4/c1-38-21-7-5-19(6-8-21)31-23(35)16-22-25(37)30-9-10-34(22)24(36)17-32-11-13-33(14-12-32)20-4-2-3-18(15-20)26(27,28)29/h2-8,15,22H,9-14,16-17H2,1H3,(H,30,37)(H,31,35)/t22-/m1/s1. The van der Waals surface area contributed by atoms with Crippen LogP contribution in [0.3, 0.4) is 0 Å². The van der Waals surface area contributed by atoms with E-state index in [1.54, 1.807) is 30.3 Å². The molecule has 3 amide bonds. The molecule has 204 valence electrons. The first kappa shape index (κ1) is 27.2. The Morgan fingerprint density at radius 3 is 2.42 bits per heavy atom. The summed E-state index contributed by atoms with van der Waals surface area (Å²) >= 11 is 0. The van der Waals surface area contributed by atoms with Crippen LogP contribution < -0.4 is 20.3 Å². The highest BCUT2D eigenvalue weighted by Gasteiger charge is 2.36. The molecule has 0 bridgehead atoms. The topological polar surface area (TPSA) is 94.2 Å². The molecule has 0 saturated carbocycles. The van der Waals surface area contributed by atoms with Crippen LogP contribution in [-0.4, -0.2) is 86.5 Å². The highest BCUT2D eigenvalue weighted by molar-refractivity contribution is 5.97. The number of piperazine rings is 2. The fourth-order valence-corrected chi connectivity index (χ4v) is 4.60. The van der Waals surface area contributed by atoms with Gasteiger partial charge >= 0.3 is 6.18 Å². The average Bonchev–Trinajstić information content (AvgIpc) is 2.90.